The van der Waals surface area contributed by atoms with Gasteiger partial charge in [-0.1, -0.05) is 39.0 Å². The summed E-state index contributed by atoms with van der Waals surface area (Å²) in [4.78, 5) is 11.1. The molecule has 0 aliphatic rings. The fourth-order valence-corrected chi connectivity index (χ4v) is 1.55. The van der Waals surface area contributed by atoms with Gasteiger partial charge in [-0.05, 0) is 13.3 Å². The maximum atomic E-state index is 11.1. The second-order valence-electron chi connectivity index (χ2n) is 3.97. The highest BCUT2D eigenvalue weighted by molar-refractivity contribution is 5.70. The molecular weight excluding hydrogens is 190 g/mol. The number of carbonyl (C=O) groups excluding carboxylic acids is 1. The molecule has 0 amide bonds. The predicted octanol–water partition coefficient (Wildman–Crippen LogP) is 2.63. The smallest absolute Gasteiger partial charge is 0.307 e. The minimum Gasteiger partial charge on any atom is -0.466 e. The molecule has 3 heteroatoms. The summed E-state index contributed by atoms with van der Waals surface area (Å²) in [6.45, 7) is 4.46. The fraction of sp³-hybridized carbons (Fsp3) is 0.917. The van der Waals surface area contributed by atoms with E-state index in [4.69, 9.17) is 10.5 Å². The highest BCUT2D eigenvalue weighted by Gasteiger charge is 2.09. The van der Waals surface area contributed by atoms with Gasteiger partial charge in [0.15, 0.2) is 0 Å². The van der Waals surface area contributed by atoms with Crippen LogP contribution in [0.5, 0.6) is 0 Å². The van der Waals surface area contributed by atoms with Crippen molar-refractivity contribution in [1.29, 1.82) is 0 Å². The Morgan fingerprint density at radius 2 is 1.87 bits per heavy atom. The molecule has 0 aromatic heterocycles. The van der Waals surface area contributed by atoms with Crippen LogP contribution in [-0.2, 0) is 9.53 Å². The molecular formula is C12H25NO2. The lowest BCUT2D eigenvalue weighted by Crippen LogP contribution is -2.24. The van der Waals surface area contributed by atoms with Gasteiger partial charge in [-0.3, -0.25) is 4.79 Å². The lowest BCUT2D eigenvalue weighted by molar-refractivity contribution is -0.143. The molecule has 0 aliphatic carbocycles. The summed E-state index contributed by atoms with van der Waals surface area (Å²) in [7, 11) is 0. The Kier molecular flexibility index (Phi) is 9.59. The van der Waals surface area contributed by atoms with Gasteiger partial charge < -0.3 is 10.5 Å². The number of unbranched alkanes of at least 4 members (excludes halogenated alkanes) is 4. The van der Waals surface area contributed by atoms with Crippen molar-refractivity contribution in [3.63, 3.8) is 0 Å². The fourth-order valence-electron chi connectivity index (χ4n) is 1.55. The van der Waals surface area contributed by atoms with Gasteiger partial charge in [-0.25, -0.2) is 0 Å². The van der Waals surface area contributed by atoms with Crippen molar-refractivity contribution in [2.45, 2.75) is 64.8 Å². The lowest BCUT2D eigenvalue weighted by Gasteiger charge is -2.10. The van der Waals surface area contributed by atoms with Crippen LogP contribution in [0, 0.1) is 0 Å². The zero-order chi connectivity index (χ0) is 11.5. The molecule has 0 bridgehead atoms. The third-order valence-corrected chi connectivity index (χ3v) is 2.41. The SMILES string of the molecule is CCCCCCC[C@H](N)CC(=O)OCC. The van der Waals surface area contributed by atoms with Gasteiger partial charge in [0.1, 0.15) is 0 Å². The second-order valence-corrected chi connectivity index (χ2v) is 3.97. The van der Waals surface area contributed by atoms with E-state index in [9.17, 15) is 4.79 Å². The van der Waals surface area contributed by atoms with Gasteiger partial charge in [0, 0.05) is 6.04 Å². The minimum atomic E-state index is -0.168. The van der Waals surface area contributed by atoms with Crippen LogP contribution >= 0.6 is 0 Å². The van der Waals surface area contributed by atoms with E-state index in [0.29, 0.717) is 13.0 Å². The number of ether oxygens (including phenoxy) is 1. The standard InChI is InChI=1S/C12H25NO2/c1-3-5-6-7-8-9-11(13)10-12(14)15-4-2/h11H,3-10,13H2,1-2H3/t11-/m0/s1. The van der Waals surface area contributed by atoms with Crippen molar-refractivity contribution in [1.82, 2.24) is 0 Å². The zero-order valence-corrected chi connectivity index (χ0v) is 10.1. The lowest BCUT2D eigenvalue weighted by atomic mass is 10.0. The van der Waals surface area contributed by atoms with Crippen molar-refractivity contribution in [2.75, 3.05) is 6.61 Å². The van der Waals surface area contributed by atoms with Crippen LogP contribution in [0.3, 0.4) is 0 Å². The van der Waals surface area contributed by atoms with Crippen LogP contribution in [0.2, 0.25) is 0 Å². The van der Waals surface area contributed by atoms with E-state index in [-0.39, 0.29) is 12.0 Å². The third kappa shape index (κ3) is 9.73. The van der Waals surface area contributed by atoms with Crippen molar-refractivity contribution in [3.8, 4) is 0 Å². The van der Waals surface area contributed by atoms with Crippen LogP contribution < -0.4 is 5.73 Å². The molecule has 0 saturated carbocycles. The molecule has 0 aromatic rings. The Morgan fingerprint density at radius 1 is 1.20 bits per heavy atom. The first-order chi connectivity index (χ1) is 7.20. The summed E-state index contributed by atoms with van der Waals surface area (Å²) in [5.74, 6) is -0.168. The molecule has 15 heavy (non-hydrogen) atoms. The minimum absolute atomic E-state index is 0.0225. The maximum Gasteiger partial charge on any atom is 0.307 e. The van der Waals surface area contributed by atoms with E-state index in [0.717, 1.165) is 12.8 Å². The molecule has 0 unspecified atom stereocenters. The molecule has 0 fully saturated rings. The van der Waals surface area contributed by atoms with Gasteiger partial charge in [0.25, 0.3) is 0 Å². The van der Waals surface area contributed by atoms with Crippen LogP contribution in [0.4, 0.5) is 0 Å². The average Bonchev–Trinajstić information content (AvgIpc) is 2.17. The first-order valence-electron chi connectivity index (χ1n) is 6.11. The van der Waals surface area contributed by atoms with E-state index >= 15 is 0 Å². The Hall–Kier alpha value is -0.570. The van der Waals surface area contributed by atoms with E-state index in [2.05, 4.69) is 6.92 Å². The van der Waals surface area contributed by atoms with E-state index < -0.39 is 0 Å². The number of hydrogen-bond acceptors (Lipinski definition) is 3. The molecule has 2 N–H and O–H groups in total. The first kappa shape index (κ1) is 14.4. The molecule has 3 nitrogen and oxygen atoms in total. The van der Waals surface area contributed by atoms with Crippen molar-refractivity contribution >= 4 is 5.97 Å². The molecule has 0 rings (SSSR count). The van der Waals surface area contributed by atoms with Gasteiger partial charge in [-0.2, -0.15) is 0 Å². The molecule has 0 heterocycles. The van der Waals surface area contributed by atoms with Crippen LogP contribution in [0.15, 0.2) is 0 Å². The summed E-state index contributed by atoms with van der Waals surface area (Å²) in [5, 5.41) is 0. The predicted molar refractivity (Wildman–Crippen MR) is 62.6 cm³/mol. The van der Waals surface area contributed by atoms with Gasteiger partial charge >= 0.3 is 5.97 Å². The largest absolute Gasteiger partial charge is 0.466 e. The number of hydrogen-bond donors (Lipinski definition) is 1. The normalized spacial score (nSPS) is 12.5. The number of rotatable bonds is 9. The van der Waals surface area contributed by atoms with Crippen molar-refractivity contribution in [2.24, 2.45) is 5.73 Å². The molecule has 1 atom stereocenters. The molecule has 0 spiro atoms. The summed E-state index contributed by atoms with van der Waals surface area (Å²) in [6.07, 6.45) is 7.49. The number of nitrogens with two attached hydrogens (primary N) is 1. The monoisotopic (exact) mass is 215 g/mol. The summed E-state index contributed by atoms with van der Waals surface area (Å²) in [5.41, 5.74) is 5.82. The number of carbonyl (C=O) groups is 1. The summed E-state index contributed by atoms with van der Waals surface area (Å²) in [6, 6.07) is -0.0225. The Balaban J connectivity index is 3.32. The van der Waals surface area contributed by atoms with E-state index in [1.54, 1.807) is 0 Å². The summed E-state index contributed by atoms with van der Waals surface area (Å²) >= 11 is 0. The van der Waals surface area contributed by atoms with Crippen LogP contribution in [0.25, 0.3) is 0 Å². The van der Waals surface area contributed by atoms with E-state index in [1.807, 2.05) is 6.92 Å². The van der Waals surface area contributed by atoms with E-state index in [1.165, 1.54) is 25.7 Å². The van der Waals surface area contributed by atoms with Crippen LogP contribution in [-0.4, -0.2) is 18.6 Å². The molecule has 90 valence electrons. The highest BCUT2D eigenvalue weighted by atomic mass is 16.5. The van der Waals surface area contributed by atoms with Gasteiger partial charge in [-0.15, -0.1) is 0 Å². The van der Waals surface area contributed by atoms with Gasteiger partial charge in [0.2, 0.25) is 0 Å². The van der Waals surface area contributed by atoms with Crippen molar-refractivity contribution in [3.05, 3.63) is 0 Å². The topological polar surface area (TPSA) is 52.3 Å². The average molecular weight is 215 g/mol. The molecule has 0 aliphatic heterocycles. The Labute approximate surface area is 93.4 Å². The highest BCUT2D eigenvalue weighted by Crippen LogP contribution is 2.08. The van der Waals surface area contributed by atoms with Crippen molar-refractivity contribution < 1.29 is 9.53 Å². The molecule has 0 radical (unpaired) electrons. The van der Waals surface area contributed by atoms with Crippen LogP contribution in [0.1, 0.15) is 58.8 Å². The first-order valence-corrected chi connectivity index (χ1v) is 6.11. The maximum absolute atomic E-state index is 11.1. The quantitative estimate of drug-likeness (QED) is 0.475. The zero-order valence-electron chi connectivity index (χ0n) is 10.1. The Bertz CT molecular complexity index is 160. The number of esters is 1. The van der Waals surface area contributed by atoms with Gasteiger partial charge in [0.05, 0.1) is 13.0 Å². The molecule has 0 saturated heterocycles. The third-order valence-electron chi connectivity index (χ3n) is 2.41. The Morgan fingerprint density at radius 3 is 2.47 bits per heavy atom. The summed E-state index contributed by atoms with van der Waals surface area (Å²) < 4.78 is 4.84. The molecule has 0 aromatic carbocycles. The second kappa shape index (κ2) is 9.97.